The van der Waals surface area contributed by atoms with E-state index in [1.807, 2.05) is 13.8 Å². The first-order valence-electron chi connectivity index (χ1n) is 4.24. The highest BCUT2D eigenvalue weighted by atomic mass is 16.4. The summed E-state index contributed by atoms with van der Waals surface area (Å²) in [5.41, 5.74) is 5.25. The lowest BCUT2D eigenvalue weighted by Crippen LogP contribution is -2.40. The lowest BCUT2D eigenvalue weighted by Gasteiger charge is -2.15. The molecule has 0 aromatic heterocycles. The van der Waals surface area contributed by atoms with Crippen molar-refractivity contribution in [2.45, 2.75) is 26.3 Å². The second-order valence-electron chi connectivity index (χ2n) is 3.26. The van der Waals surface area contributed by atoms with Crippen LogP contribution in [-0.4, -0.2) is 30.2 Å². The van der Waals surface area contributed by atoms with Crippen molar-refractivity contribution >= 4 is 5.97 Å². The molecule has 12 heavy (non-hydrogen) atoms. The average Bonchev–Trinajstić information content (AvgIpc) is 1.96. The summed E-state index contributed by atoms with van der Waals surface area (Å²) < 4.78 is 0. The van der Waals surface area contributed by atoms with Gasteiger partial charge in [-0.15, -0.1) is 0 Å². The van der Waals surface area contributed by atoms with E-state index in [-0.39, 0.29) is 0 Å². The highest BCUT2D eigenvalue weighted by molar-refractivity contribution is 5.73. The van der Waals surface area contributed by atoms with Gasteiger partial charge in [-0.2, -0.15) is 0 Å². The minimum absolute atomic E-state index is 0.386. The zero-order valence-corrected chi connectivity index (χ0v) is 7.71. The minimum Gasteiger partial charge on any atom is -0.480 e. The molecule has 4 nitrogen and oxygen atoms in total. The van der Waals surface area contributed by atoms with E-state index in [0.29, 0.717) is 25.4 Å². The molecule has 4 N–H and O–H groups in total. The van der Waals surface area contributed by atoms with Crippen LogP contribution in [0.25, 0.3) is 0 Å². The van der Waals surface area contributed by atoms with Gasteiger partial charge in [-0.1, -0.05) is 13.8 Å². The van der Waals surface area contributed by atoms with E-state index in [4.69, 9.17) is 10.8 Å². The summed E-state index contributed by atoms with van der Waals surface area (Å²) >= 11 is 0. The van der Waals surface area contributed by atoms with E-state index >= 15 is 0 Å². The Labute approximate surface area is 73.1 Å². The molecule has 0 aromatic carbocycles. The quantitative estimate of drug-likeness (QED) is 0.531. The van der Waals surface area contributed by atoms with Crippen molar-refractivity contribution < 1.29 is 9.90 Å². The van der Waals surface area contributed by atoms with Crippen molar-refractivity contribution in [3.8, 4) is 0 Å². The molecule has 0 aliphatic heterocycles. The van der Waals surface area contributed by atoms with Crippen molar-refractivity contribution in [2.24, 2.45) is 11.7 Å². The summed E-state index contributed by atoms with van der Waals surface area (Å²) in [5.74, 6) is -0.409. The van der Waals surface area contributed by atoms with Crippen molar-refractivity contribution in [2.75, 3.05) is 13.1 Å². The maximum absolute atomic E-state index is 10.6. The Balaban J connectivity index is 3.78. The number of nitrogens with one attached hydrogen (secondary N) is 1. The van der Waals surface area contributed by atoms with Crippen LogP contribution in [0.5, 0.6) is 0 Å². The van der Waals surface area contributed by atoms with Gasteiger partial charge in [0.25, 0.3) is 0 Å². The lowest BCUT2D eigenvalue weighted by atomic mass is 10.0. The number of carboxylic acids is 1. The number of aliphatic carboxylic acids is 1. The third-order valence-corrected chi connectivity index (χ3v) is 1.54. The first kappa shape index (κ1) is 11.4. The van der Waals surface area contributed by atoms with Crippen molar-refractivity contribution in [3.05, 3.63) is 0 Å². The van der Waals surface area contributed by atoms with E-state index in [2.05, 4.69) is 5.32 Å². The topological polar surface area (TPSA) is 75.3 Å². The van der Waals surface area contributed by atoms with Crippen molar-refractivity contribution in [1.82, 2.24) is 5.32 Å². The molecule has 0 unspecified atom stereocenters. The molecule has 0 amide bonds. The molecule has 0 rings (SSSR count). The van der Waals surface area contributed by atoms with Crippen LogP contribution in [-0.2, 0) is 4.79 Å². The Morgan fingerprint density at radius 1 is 1.58 bits per heavy atom. The maximum Gasteiger partial charge on any atom is 0.320 e. The number of nitrogens with two attached hydrogens (primary N) is 1. The highest BCUT2D eigenvalue weighted by Gasteiger charge is 2.16. The van der Waals surface area contributed by atoms with Gasteiger partial charge in [-0.3, -0.25) is 4.79 Å². The summed E-state index contributed by atoms with van der Waals surface area (Å²) in [6.07, 6.45) is 0.648. The molecule has 1 atom stereocenters. The van der Waals surface area contributed by atoms with E-state index in [0.717, 1.165) is 0 Å². The van der Waals surface area contributed by atoms with Crippen molar-refractivity contribution in [1.29, 1.82) is 0 Å². The van der Waals surface area contributed by atoms with Gasteiger partial charge in [0.1, 0.15) is 6.04 Å². The van der Waals surface area contributed by atoms with Crippen LogP contribution in [0, 0.1) is 5.92 Å². The maximum atomic E-state index is 10.6. The van der Waals surface area contributed by atoms with E-state index in [1.165, 1.54) is 0 Å². The van der Waals surface area contributed by atoms with Crippen LogP contribution in [0.2, 0.25) is 0 Å². The van der Waals surface area contributed by atoms with E-state index < -0.39 is 12.0 Å². The third kappa shape index (κ3) is 5.09. The smallest absolute Gasteiger partial charge is 0.320 e. The molecule has 0 bridgehead atoms. The SMILES string of the molecule is CC(C)C[C@@H](NCCN)C(=O)O. The zero-order valence-electron chi connectivity index (χ0n) is 7.71. The molecule has 0 aliphatic rings. The number of hydrogen-bond acceptors (Lipinski definition) is 3. The second-order valence-corrected chi connectivity index (χ2v) is 3.26. The standard InChI is InChI=1S/C8H18N2O2/c1-6(2)5-7(8(11)12)10-4-3-9/h6-7,10H,3-5,9H2,1-2H3,(H,11,12)/t7-/m1/s1. The molecule has 0 saturated carbocycles. The monoisotopic (exact) mass is 174 g/mol. The molecule has 0 spiro atoms. The van der Waals surface area contributed by atoms with Gasteiger partial charge in [-0.25, -0.2) is 0 Å². The molecular weight excluding hydrogens is 156 g/mol. The summed E-state index contributed by atoms with van der Waals surface area (Å²) in [6.45, 7) is 5.03. The fraction of sp³-hybridized carbons (Fsp3) is 0.875. The Morgan fingerprint density at radius 2 is 2.17 bits per heavy atom. The highest BCUT2D eigenvalue weighted by Crippen LogP contribution is 2.04. The van der Waals surface area contributed by atoms with E-state index in [1.54, 1.807) is 0 Å². The van der Waals surface area contributed by atoms with Gasteiger partial charge in [0.15, 0.2) is 0 Å². The summed E-state index contributed by atoms with van der Waals surface area (Å²) in [5, 5.41) is 11.6. The van der Waals surface area contributed by atoms with Gasteiger partial charge >= 0.3 is 5.97 Å². The molecule has 0 aliphatic carbocycles. The minimum atomic E-state index is -0.794. The third-order valence-electron chi connectivity index (χ3n) is 1.54. The molecule has 0 aromatic rings. The summed E-state index contributed by atoms with van der Waals surface area (Å²) in [6, 6.07) is -0.450. The molecule has 0 fully saturated rings. The number of carboxylic acid groups (broad SMARTS) is 1. The fourth-order valence-corrected chi connectivity index (χ4v) is 1.00. The summed E-state index contributed by atoms with van der Waals surface area (Å²) in [7, 11) is 0. The first-order valence-corrected chi connectivity index (χ1v) is 4.24. The normalized spacial score (nSPS) is 13.3. The first-order chi connectivity index (χ1) is 5.57. The lowest BCUT2D eigenvalue weighted by molar-refractivity contribution is -0.139. The van der Waals surface area contributed by atoms with Gasteiger partial charge in [0, 0.05) is 13.1 Å². The molecule has 0 radical (unpaired) electrons. The molecular formula is C8H18N2O2. The van der Waals surface area contributed by atoms with Crippen LogP contribution in [0.1, 0.15) is 20.3 Å². The predicted octanol–water partition coefficient (Wildman–Crippen LogP) is 0.0340. The van der Waals surface area contributed by atoms with Crippen molar-refractivity contribution in [3.63, 3.8) is 0 Å². The molecule has 72 valence electrons. The number of rotatable bonds is 6. The Hall–Kier alpha value is -0.610. The van der Waals surface area contributed by atoms with E-state index in [9.17, 15) is 4.79 Å². The van der Waals surface area contributed by atoms with Crippen LogP contribution < -0.4 is 11.1 Å². The Kier molecular flexibility index (Phi) is 5.66. The number of carbonyl (C=O) groups is 1. The Bertz CT molecular complexity index is 137. The fourth-order valence-electron chi connectivity index (χ4n) is 1.00. The Morgan fingerprint density at radius 3 is 2.50 bits per heavy atom. The van der Waals surface area contributed by atoms with Crippen LogP contribution in [0.3, 0.4) is 0 Å². The van der Waals surface area contributed by atoms with Crippen LogP contribution >= 0.6 is 0 Å². The molecule has 4 heteroatoms. The molecule has 0 heterocycles. The second kappa shape index (κ2) is 5.97. The molecule has 0 saturated heterocycles. The van der Waals surface area contributed by atoms with Gasteiger partial charge in [0.2, 0.25) is 0 Å². The average molecular weight is 174 g/mol. The largest absolute Gasteiger partial charge is 0.480 e. The predicted molar refractivity (Wildman–Crippen MR) is 47.9 cm³/mol. The zero-order chi connectivity index (χ0) is 9.56. The van der Waals surface area contributed by atoms with Gasteiger partial charge in [0.05, 0.1) is 0 Å². The van der Waals surface area contributed by atoms with Gasteiger partial charge in [-0.05, 0) is 12.3 Å². The van der Waals surface area contributed by atoms with Crippen LogP contribution in [0.4, 0.5) is 0 Å². The summed E-state index contributed by atoms with van der Waals surface area (Å²) in [4.78, 5) is 10.6. The number of hydrogen-bond donors (Lipinski definition) is 3. The van der Waals surface area contributed by atoms with Crippen LogP contribution in [0.15, 0.2) is 0 Å². The van der Waals surface area contributed by atoms with Gasteiger partial charge < -0.3 is 16.2 Å².